The zero-order chi connectivity index (χ0) is 12.3. The van der Waals surface area contributed by atoms with Gasteiger partial charge >= 0.3 is 0 Å². The van der Waals surface area contributed by atoms with Crippen LogP contribution in [0.15, 0.2) is 35.5 Å². The van der Waals surface area contributed by atoms with Crippen LogP contribution in [0, 0.1) is 6.92 Å². The Morgan fingerprint density at radius 2 is 2.06 bits per heavy atom. The van der Waals surface area contributed by atoms with E-state index in [0.717, 1.165) is 5.75 Å². The van der Waals surface area contributed by atoms with Crippen LogP contribution in [0.3, 0.4) is 0 Å². The van der Waals surface area contributed by atoms with Crippen molar-refractivity contribution in [1.29, 1.82) is 0 Å². The standard InChI is InChI=1S/C12H13N3OS/c1-8-4-2-3-5-9(8)7-17-12-14-10(13)6-11(16)15-12/h2-6H,7H2,1H3,(H3,13,14,15,16). The minimum absolute atomic E-state index is 0.0928. The fourth-order valence-corrected chi connectivity index (χ4v) is 2.35. The van der Waals surface area contributed by atoms with Crippen molar-refractivity contribution in [3.8, 4) is 5.88 Å². The molecule has 0 saturated carbocycles. The smallest absolute Gasteiger partial charge is 0.216 e. The van der Waals surface area contributed by atoms with E-state index in [9.17, 15) is 5.11 Å². The van der Waals surface area contributed by atoms with Gasteiger partial charge in [0.05, 0.1) is 0 Å². The largest absolute Gasteiger partial charge is 0.493 e. The lowest BCUT2D eigenvalue weighted by molar-refractivity contribution is 0.446. The Morgan fingerprint density at radius 1 is 1.29 bits per heavy atom. The van der Waals surface area contributed by atoms with Crippen molar-refractivity contribution in [3.63, 3.8) is 0 Å². The highest BCUT2D eigenvalue weighted by Gasteiger charge is 2.04. The van der Waals surface area contributed by atoms with Crippen LogP contribution >= 0.6 is 11.8 Å². The molecule has 0 atom stereocenters. The van der Waals surface area contributed by atoms with E-state index in [4.69, 9.17) is 5.73 Å². The molecular weight excluding hydrogens is 234 g/mol. The number of aromatic nitrogens is 2. The SMILES string of the molecule is Cc1ccccc1CSc1nc(N)cc(O)n1. The number of aryl methyl sites for hydroxylation is 1. The Labute approximate surface area is 104 Å². The number of aromatic hydroxyl groups is 1. The summed E-state index contributed by atoms with van der Waals surface area (Å²) in [6, 6.07) is 9.47. The molecular formula is C12H13N3OS. The van der Waals surface area contributed by atoms with Gasteiger partial charge in [0.1, 0.15) is 5.82 Å². The average Bonchev–Trinajstić information content (AvgIpc) is 2.27. The number of nitrogen functional groups attached to an aromatic ring is 1. The van der Waals surface area contributed by atoms with Gasteiger partial charge in [0, 0.05) is 11.8 Å². The van der Waals surface area contributed by atoms with Crippen LogP contribution < -0.4 is 5.73 Å². The van der Waals surface area contributed by atoms with E-state index in [1.807, 2.05) is 12.1 Å². The summed E-state index contributed by atoms with van der Waals surface area (Å²) in [6.45, 7) is 2.06. The van der Waals surface area contributed by atoms with Crippen molar-refractivity contribution in [1.82, 2.24) is 9.97 Å². The monoisotopic (exact) mass is 247 g/mol. The topological polar surface area (TPSA) is 72.0 Å². The molecule has 0 aliphatic carbocycles. The summed E-state index contributed by atoms with van der Waals surface area (Å²) in [5.41, 5.74) is 7.99. The van der Waals surface area contributed by atoms with E-state index in [1.54, 1.807) is 0 Å². The number of thioether (sulfide) groups is 1. The molecule has 2 aromatic rings. The molecule has 1 aromatic carbocycles. The summed E-state index contributed by atoms with van der Waals surface area (Å²) >= 11 is 1.45. The van der Waals surface area contributed by atoms with Crippen LogP contribution in [-0.2, 0) is 5.75 Å². The van der Waals surface area contributed by atoms with Gasteiger partial charge in [-0.05, 0) is 18.1 Å². The molecule has 1 heterocycles. The molecule has 0 bridgehead atoms. The molecule has 0 aliphatic heterocycles. The first-order valence-corrected chi connectivity index (χ1v) is 6.14. The summed E-state index contributed by atoms with van der Waals surface area (Å²) in [6.07, 6.45) is 0. The van der Waals surface area contributed by atoms with E-state index in [2.05, 4.69) is 29.0 Å². The highest BCUT2D eigenvalue weighted by atomic mass is 32.2. The number of hydrogen-bond donors (Lipinski definition) is 2. The van der Waals surface area contributed by atoms with Crippen molar-refractivity contribution in [2.24, 2.45) is 0 Å². The molecule has 0 spiro atoms. The van der Waals surface area contributed by atoms with Gasteiger partial charge in [-0.25, -0.2) is 4.98 Å². The zero-order valence-electron chi connectivity index (χ0n) is 9.42. The second-order valence-electron chi connectivity index (χ2n) is 3.65. The fourth-order valence-electron chi connectivity index (χ4n) is 1.41. The number of hydrogen-bond acceptors (Lipinski definition) is 5. The van der Waals surface area contributed by atoms with Crippen molar-refractivity contribution >= 4 is 17.6 Å². The second kappa shape index (κ2) is 5.05. The second-order valence-corrected chi connectivity index (χ2v) is 4.59. The Bertz CT molecular complexity index is 511. The molecule has 0 saturated heterocycles. The molecule has 17 heavy (non-hydrogen) atoms. The first kappa shape index (κ1) is 11.7. The third kappa shape index (κ3) is 3.10. The minimum atomic E-state index is -0.0928. The molecule has 0 amide bonds. The maximum atomic E-state index is 9.30. The summed E-state index contributed by atoms with van der Waals surface area (Å²) in [5.74, 6) is 0.949. The lowest BCUT2D eigenvalue weighted by Gasteiger charge is -2.05. The fraction of sp³-hybridized carbons (Fsp3) is 0.167. The van der Waals surface area contributed by atoms with E-state index >= 15 is 0 Å². The Balaban J connectivity index is 2.10. The van der Waals surface area contributed by atoms with Crippen LogP contribution in [0.25, 0.3) is 0 Å². The first-order chi connectivity index (χ1) is 8.15. The maximum Gasteiger partial charge on any atom is 0.216 e. The van der Waals surface area contributed by atoms with Gasteiger partial charge in [0.15, 0.2) is 5.16 Å². The van der Waals surface area contributed by atoms with Crippen molar-refractivity contribution in [3.05, 3.63) is 41.5 Å². The molecule has 0 unspecified atom stereocenters. The van der Waals surface area contributed by atoms with Crippen LogP contribution in [0.5, 0.6) is 5.88 Å². The third-order valence-electron chi connectivity index (χ3n) is 2.33. The molecule has 1 aromatic heterocycles. The van der Waals surface area contributed by atoms with Gasteiger partial charge in [-0.1, -0.05) is 36.0 Å². The third-order valence-corrected chi connectivity index (χ3v) is 3.23. The predicted molar refractivity (Wildman–Crippen MR) is 68.8 cm³/mol. The van der Waals surface area contributed by atoms with E-state index in [-0.39, 0.29) is 11.7 Å². The normalized spacial score (nSPS) is 10.4. The minimum Gasteiger partial charge on any atom is -0.493 e. The molecule has 88 valence electrons. The van der Waals surface area contributed by atoms with Crippen LogP contribution in [0.1, 0.15) is 11.1 Å². The van der Waals surface area contributed by atoms with E-state index in [0.29, 0.717) is 5.16 Å². The molecule has 0 radical (unpaired) electrons. The lowest BCUT2D eigenvalue weighted by atomic mass is 10.1. The van der Waals surface area contributed by atoms with E-state index in [1.165, 1.54) is 29.0 Å². The van der Waals surface area contributed by atoms with Crippen LogP contribution in [0.2, 0.25) is 0 Å². The quantitative estimate of drug-likeness (QED) is 0.643. The number of benzene rings is 1. The van der Waals surface area contributed by atoms with Crippen LogP contribution in [0.4, 0.5) is 5.82 Å². The lowest BCUT2D eigenvalue weighted by Crippen LogP contribution is -1.95. The highest BCUT2D eigenvalue weighted by molar-refractivity contribution is 7.98. The van der Waals surface area contributed by atoms with Gasteiger partial charge in [0.25, 0.3) is 0 Å². The molecule has 0 fully saturated rings. The Hall–Kier alpha value is -1.75. The van der Waals surface area contributed by atoms with Gasteiger partial charge in [-0.15, -0.1) is 0 Å². The number of nitrogens with zero attached hydrogens (tertiary/aromatic N) is 2. The predicted octanol–water partition coefficient (Wildman–Crippen LogP) is 2.37. The summed E-state index contributed by atoms with van der Waals surface area (Å²) in [5, 5.41) is 9.79. The number of rotatable bonds is 3. The molecule has 4 nitrogen and oxygen atoms in total. The van der Waals surface area contributed by atoms with Crippen molar-refractivity contribution in [2.45, 2.75) is 17.8 Å². The molecule has 3 N–H and O–H groups in total. The zero-order valence-corrected chi connectivity index (χ0v) is 10.2. The maximum absolute atomic E-state index is 9.30. The summed E-state index contributed by atoms with van der Waals surface area (Å²) in [7, 11) is 0. The Kier molecular flexibility index (Phi) is 3.49. The number of nitrogens with two attached hydrogens (primary N) is 1. The van der Waals surface area contributed by atoms with Gasteiger partial charge in [-0.2, -0.15) is 4.98 Å². The molecule has 5 heteroatoms. The Morgan fingerprint density at radius 3 is 2.76 bits per heavy atom. The molecule has 2 rings (SSSR count). The average molecular weight is 247 g/mol. The van der Waals surface area contributed by atoms with Gasteiger partial charge < -0.3 is 10.8 Å². The van der Waals surface area contributed by atoms with E-state index < -0.39 is 0 Å². The first-order valence-electron chi connectivity index (χ1n) is 5.16. The summed E-state index contributed by atoms with van der Waals surface area (Å²) < 4.78 is 0. The summed E-state index contributed by atoms with van der Waals surface area (Å²) in [4.78, 5) is 7.95. The van der Waals surface area contributed by atoms with Gasteiger partial charge in [0.2, 0.25) is 5.88 Å². The highest BCUT2D eigenvalue weighted by Crippen LogP contribution is 2.23. The number of anilines is 1. The van der Waals surface area contributed by atoms with Crippen LogP contribution in [-0.4, -0.2) is 15.1 Å². The van der Waals surface area contributed by atoms with Gasteiger partial charge in [-0.3, -0.25) is 0 Å². The van der Waals surface area contributed by atoms with Crippen molar-refractivity contribution < 1.29 is 5.11 Å². The molecule has 0 aliphatic rings. The van der Waals surface area contributed by atoms with Crippen molar-refractivity contribution in [2.75, 3.05) is 5.73 Å².